The largest absolute Gasteiger partial charge is 0.435 e. The van der Waals surface area contributed by atoms with Crippen molar-refractivity contribution in [2.45, 2.75) is 26.0 Å². The third-order valence-corrected chi connectivity index (χ3v) is 2.77. The zero-order valence-corrected chi connectivity index (χ0v) is 10.9. The molecule has 0 spiro atoms. The number of hydrogen-bond donors (Lipinski definition) is 2. The molecule has 1 aromatic carbocycles. The van der Waals surface area contributed by atoms with Gasteiger partial charge in [-0.2, -0.15) is 13.9 Å². The summed E-state index contributed by atoms with van der Waals surface area (Å²) in [6.07, 6.45) is 0.519. The number of carbonyl (C=O) groups excluding carboxylic acids is 2. The summed E-state index contributed by atoms with van der Waals surface area (Å²) in [5.41, 5.74) is 3.22. The van der Waals surface area contributed by atoms with Gasteiger partial charge in [0.2, 0.25) is 5.91 Å². The third kappa shape index (κ3) is 4.51. The van der Waals surface area contributed by atoms with Gasteiger partial charge in [-0.05, 0) is 17.7 Å². The first kappa shape index (κ1) is 14.9. The van der Waals surface area contributed by atoms with Crippen LogP contribution in [0.1, 0.15) is 18.4 Å². The fourth-order valence-electron chi connectivity index (χ4n) is 1.71. The van der Waals surface area contributed by atoms with Gasteiger partial charge < -0.3 is 10.1 Å². The maximum atomic E-state index is 12.0. The molecule has 0 fully saturated rings. The summed E-state index contributed by atoms with van der Waals surface area (Å²) < 4.78 is 28.2. The number of hydrazone groups is 1. The summed E-state index contributed by atoms with van der Waals surface area (Å²) >= 11 is 0. The number of nitrogens with zero attached hydrogens (tertiary/aromatic N) is 1. The summed E-state index contributed by atoms with van der Waals surface area (Å²) in [7, 11) is 0. The van der Waals surface area contributed by atoms with Gasteiger partial charge in [-0.15, -0.1) is 0 Å². The summed E-state index contributed by atoms with van der Waals surface area (Å²) in [6, 6.07) is 5.93. The van der Waals surface area contributed by atoms with Crippen molar-refractivity contribution in [3.63, 3.8) is 0 Å². The number of amides is 2. The van der Waals surface area contributed by atoms with Crippen molar-refractivity contribution >= 4 is 17.5 Å². The lowest BCUT2D eigenvalue weighted by molar-refractivity contribution is -0.121. The highest BCUT2D eigenvalue weighted by molar-refractivity contribution is 6.39. The van der Waals surface area contributed by atoms with Gasteiger partial charge in [-0.25, -0.2) is 5.43 Å². The minimum absolute atomic E-state index is 0.0550. The van der Waals surface area contributed by atoms with E-state index >= 15 is 0 Å². The Morgan fingerprint density at radius 2 is 2.05 bits per heavy atom. The molecule has 2 rings (SSSR count). The first-order valence-electron chi connectivity index (χ1n) is 6.22. The zero-order chi connectivity index (χ0) is 15.2. The number of rotatable bonds is 5. The molecule has 1 aliphatic heterocycles. The van der Waals surface area contributed by atoms with Crippen LogP contribution in [0.25, 0.3) is 0 Å². The summed E-state index contributed by atoms with van der Waals surface area (Å²) in [5.74, 6) is -0.538. The molecule has 8 heteroatoms. The molecule has 1 heterocycles. The monoisotopic (exact) mass is 297 g/mol. The Hall–Kier alpha value is -2.51. The smallest absolute Gasteiger partial charge is 0.387 e. The van der Waals surface area contributed by atoms with Crippen LogP contribution in [-0.4, -0.2) is 24.1 Å². The molecule has 2 amide bonds. The van der Waals surface area contributed by atoms with Crippen molar-refractivity contribution in [3.8, 4) is 5.75 Å². The highest BCUT2D eigenvalue weighted by Crippen LogP contribution is 2.14. The van der Waals surface area contributed by atoms with Crippen LogP contribution in [0.5, 0.6) is 5.75 Å². The van der Waals surface area contributed by atoms with E-state index in [1.807, 2.05) is 0 Å². The van der Waals surface area contributed by atoms with Crippen LogP contribution in [0.4, 0.5) is 8.78 Å². The number of carbonyl (C=O) groups is 2. The first-order valence-corrected chi connectivity index (χ1v) is 6.22. The van der Waals surface area contributed by atoms with E-state index in [1.165, 1.54) is 12.1 Å². The van der Waals surface area contributed by atoms with E-state index in [2.05, 4.69) is 20.6 Å². The molecular weight excluding hydrogens is 284 g/mol. The lowest BCUT2D eigenvalue weighted by Crippen LogP contribution is -2.36. The van der Waals surface area contributed by atoms with E-state index in [9.17, 15) is 18.4 Å². The van der Waals surface area contributed by atoms with Crippen molar-refractivity contribution in [2.24, 2.45) is 5.10 Å². The molecule has 0 unspecified atom stereocenters. The van der Waals surface area contributed by atoms with E-state index in [4.69, 9.17) is 0 Å². The summed E-state index contributed by atoms with van der Waals surface area (Å²) in [4.78, 5) is 22.7. The van der Waals surface area contributed by atoms with Crippen LogP contribution in [0.3, 0.4) is 0 Å². The average Bonchev–Trinajstić information content (AvgIpc) is 2.46. The number of hydrogen-bond acceptors (Lipinski definition) is 4. The standard InChI is InChI=1S/C13H13F2N3O3/c14-13(15)21-9-3-1-8(2-4-9)7-16-12(20)10-5-6-11(19)18-17-10/h1-4,13H,5-7H2,(H,16,20)(H,18,19). The molecule has 6 nitrogen and oxygen atoms in total. The minimum atomic E-state index is -2.87. The molecule has 1 aromatic rings. The van der Waals surface area contributed by atoms with E-state index in [0.29, 0.717) is 6.42 Å². The minimum Gasteiger partial charge on any atom is -0.435 e. The molecule has 0 atom stereocenters. The molecule has 0 aromatic heterocycles. The first-order chi connectivity index (χ1) is 10.0. The number of benzene rings is 1. The van der Waals surface area contributed by atoms with Crippen LogP contribution < -0.4 is 15.5 Å². The molecule has 0 saturated carbocycles. The maximum absolute atomic E-state index is 12.0. The van der Waals surface area contributed by atoms with Crippen molar-refractivity contribution in [1.29, 1.82) is 0 Å². The molecule has 0 aliphatic carbocycles. The maximum Gasteiger partial charge on any atom is 0.387 e. The number of nitrogens with one attached hydrogen (secondary N) is 2. The normalized spacial score (nSPS) is 14.4. The number of alkyl halides is 2. The van der Waals surface area contributed by atoms with Gasteiger partial charge >= 0.3 is 6.61 Å². The van der Waals surface area contributed by atoms with Gasteiger partial charge in [0.25, 0.3) is 5.91 Å². The van der Waals surface area contributed by atoms with E-state index < -0.39 is 6.61 Å². The number of halogens is 2. The molecule has 0 saturated heterocycles. The van der Waals surface area contributed by atoms with E-state index in [-0.39, 0.29) is 36.2 Å². The average molecular weight is 297 g/mol. The lowest BCUT2D eigenvalue weighted by Gasteiger charge is -2.12. The SMILES string of the molecule is O=C1CCC(C(=O)NCc2ccc(OC(F)F)cc2)=NN1. The van der Waals surface area contributed by atoms with E-state index in [0.717, 1.165) is 5.56 Å². The number of ether oxygens (including phenoxy) is 1. The predicted octanol–water partition coefficient (Wildman–Crippen LogP) is 1.17. The summed E-state index contributed by atoms with van der Waals surface area (Å²) in [6.45, 7) is -2.64. The van der Waals surface area contributed by atoms with Crippen LogP contribution in [0.15, 0.2) is 29.4 Å². The van der Waals surface area contributed by atoms with Crippen LogP contribution >= 0.6 is 0 Å². The van der Waals surface area contributed by atoms with Gasteiger partial charge in [0.05, 0.1) is 0 Å². The molecule has 0 radical (unpaired) electrons. The highest BCUT2D eigenvalue weighted by atomic mass is 19.3. The highest BCUT2D eigenvalue weighted by Gasteiger charge is 2.17. The van der Waals surface area contributed by atoms with E-state index in [1.54, 1.807) is 12.1 Å². The Labute approximate surface area is 119 Å². The topological polar surface area (TPSA) is 79.8 Å². The molecule has 112 valence electrons. The quantitative estimate of drug-likeness (QED) is 0.856. The van der Waals surface area contributed by atoms with Crippen molar-refractivity contribution < 1.29 is 23.1 Å². The molecule has 21 heavy (non-hydrogen) atoms. The van der Waals surface area contributed by atoms with Gasteiger partial charge in [-0.1, -0.05) is 12.1 Å². The van der Waals surface area contributed by atoms with Crippen LogP contribution in [-0.2, 0) is 16.1 Å². The van der Waals surface area contributed by atoms with Gasteiger partial charge in [0, 0.05) is 19.4 Å². The Bertz CT molecular complexity index is 558. The fraction of sp³-hybridized carbons (Fsp3) is 0.308. The Balaban J connectivity index is 1.85. The lowest BCUT2D eigenvalue weighted by atomic mass is 10.1. The zero-order valence-electron chi connectivity index (χ0n) is 10.9. The Kier molecular flexibility index (Phi) is 4.81. The van der Waals surface area contributed by atoms with Crippen molar-refractivity contribution in [3.05, 3.63) is 29.8 Å². The Morgan fingerprint density at radius 1 is 1.33 bits per heavy atom. The Morgan fingerprint density at radius 3 is 2.62 bits per heavy atom. The summed E-state index contributed by atoms with van der Waals surface area (Å²) in [5, 5.41) is 6.30. The van der Waals surface area contributed by atoms with Gasteiger partial charge in [0.1, 0.15) is 11.5 Å². The fourth-order valence-corrected chi connectivity index (χ4v) is 1.71. The second-order valence-electron chi connectivity index (χ2n) is 4.30. The molecule has 1 aliphatic rings. The van der Waals surface area contributed by atoms with Crippen molar-refractivity contribution in [2.75, 3.05) is 0 Å². The van der Waals surface area contributed by atoms with Crippen LogP contribution in [0, 0.1) is 0 Å². The third-order valence-electron chi connectivity index (χ3n) is 2.77. The second kappa shape index (κ2) is 6.78. The molecular formula is C13H13F2N3O3. The predicted molar refractivity (Wildman–Crippen MR) is 69.7 cm³/mol. The van der Waals surface area contributed by atoms with Crippen LogP contribution in [0.2, 0.25) is 0 Å². The van der Waals surface area contributed by atoms with Gasteiger partial charge in [0.15, 0.2) is 0 Å². The molecule has 0 bridgehead atoms. The van der Waals surface area contributed by atoms with Crippen molar-refractivity contribution in [1.82, 2.24) is 10.7 Å². The molecule has 2 N–H and O–H groups in total. The van der Waals surface area contributed by atoms with Gasteiger partial charge in [-0.3, -0.25) is 9.59 Å². The second-order valence-corrected chi connectivity index (χ2v) is 4.30.